The summed E-state index contributed by atoms with van der Waals surface area (Å²) in [7, 11) is 0. The number of carbonyl (C=O) groups excluding carboxylic acids is 1. The topological polar surface area (TPSA) is 63.1 Å². The van der Waals surface area contributed by atoms with Gasteiger partial charge in [-0.3, -0.25) is 9.69 Å². The number of nitrogens with zero attached hydrogens (tertiary/aromatic N) is 4. The van der Waals surface area contributed by atoms with Crippen LogP contribution >= 0.6 is 11.3 Å². The van der Waals surface area contributed by atoms with Crippen molar-refractivity contribution in [3.63, 3.8) is 0 Å². The number of rotatable bonds is 8. The van der Waals surface area contributed by atoms with E-state index in [-0.39, 0.29) is 0 Å². The maximum atomic E-state index is 10.5. The molecule has 6 nitrogen and oxygen atoms in total. The smallest absolute Gasteiger partial charge is 0.213 e. The average molecular weight is 428 g/mol. The van der Waals surface area contributed by atoms with Crippen LogP contribution in [0.4, 0.5) is 5.13 Å². The maximum Gasteiger partial charge on any atom is 0.213 e. The Balaban J connectivity index is 0.00000155. The number of fused-ring (bicyclic) bond motifs is 1. The summed E-state index contributed by atoms with van der Waals surface area (Å²) in [6, 6.07) is 0. The lowest BCUT2D eigenvalue weighted by Gasteiger charge is -2.18. The molecule has 3 heterocycles. The Labute approximate surface area is 184 Å². The number of hydrogen-bond donors (Lipinski definition) is 1. The van der Waals surface area contributed by atoms with Crippen LogP contribution in [0, 0.1) is 0 Å². The van der Waals surface area contributed by atoms with E-state index in [1.807, 2.05) is 24.7 Å². The molecule has 7 heteroatoms. The van der Waals surface area contributed by atoms with Crippen LogP contribution < -0.4 is 5.32 Å². The molecule has 1 N–H and O–H groups in total. The molecule has 2 aromatic heterocycles. The molecule has 0 aromatic carbocycles. The first kappa shape index (κ1) is 23.8. The molecular weight excluding hydrogens is 394 g/mol. The third-order valence-corrected chi connectivity index (χ3v) is 5.56. The standard InChI is InChI=1S/C21H27N5OS.C2H6/c1-3-4-5-6-7-8-17(2)26-14-18-9-11-25(12-10-20(18)24-26)15-19-13-22-21(28-19)23-16-27;1-2/h4-8,13-14,16H,3,9-12,15H2,1-2H3,(H,22,23,27);1-2H3/b5-4+,7-6-,17-8+;. The van der Waals surface area contributed by atoms with Crippen LogP contribution in [0.3, 0.4) is 0 Å². The van der Waals surface area contributed by atoms with Gasteiger partial charge in [-0.2, -0.15) is 5.10 Å². The van der Waals surface area contributed by atoms with E-state index in [1.165, 1.54) is 22.6 Å². The Hall–Kier alpha value is -2.51. The Morgan fingerprint density at radius 1 is 1.23 bits per heavy atom. The van der Waals surface area contributed by atoms with Crippen molar-refractivity contribution in [3.05, 3.63) is 58.9 Å². The molecule has 0 radical (unpaired) electrons. The number of allylic oxidation sites excluding steroid dienone is 6. The molecule has 1 amide bonds. The van der Waals surface area contributed by atoms with Gasteiger partial charge in [-0.1, -0.05) is 45.1 Å². The Morgan fingerprint density at radius 3 is 2.80 bits per heavy atom. The van der Waals surface area contributed by atoms with E-state index in [9.17, 15) is 4.79 Å². The van der Waals surface area contributed by atoms with Gasteiger partial charge >= 0.3 is 0 Å². The van der Waals surface area contributed by atoms with E-state index in [1.54, 1.807) is 0 Å². The number of thiazole rings is 1. The van der Waals surface area contributed by atoms with E-state index in [4.69, 9.17) is 5.10 Å². The maximum absolute atomic E-state index is 10.5. The summed E-state index contributed by atoms with van der Waals surface area (Å²) in [6.45, 7) is 11.0. The number of amides is 1. The van der Waals surface area contributed by atoms with Gasteiger partial charge in [0, 0.05) is 49.0 Å². The molecular formula is C23H33N5OS. The summed E-state index contributed by atoms with van der Waals surface area (Å²) in [5.41, 5.74) is 3.64. The summed E-state index contributed by atoms with van der Waals surface area (Å²) < 4.78 is 1.99. The quantitative estimate of drug-likeness (QED) is 0.480. The highest BCUT2D eigenvalue weighted by Crippen LogP contribution is 2.22. The van der Waals surface area contributed by atoms with E-state index < -0.39 is 0 Å². The predicted molar refractivity (Wildman–Crippen MR) is 127 cm³/mol. The number of nitrogens with one attached hydrogen (secondary N) is 1. The van der Waals surface area contributed by atoms with Crippen molar-refractivity contribution in [2.24, 2.45) is 0 Å². The zero-order valence-electron chi connectivity index (χ0n) is 18.5. The van der Waals surface area contributed by atoms with E-state index >= 15 is 0 Å². The van der Waals surface area contributed by atoms with Gasteiger partial charge in [0.05, 0.1) is 5.69 Å². The fourth-order valence-corrected chi connectivity index (χ4v) is 3.94. The predicted octanol–water partition coefficient (Wildman–Crippen LogP) is 4.92. The summed E-state index contributed by atoms with van der Waals surface area (Å²) >= 11 is 1.53. The van der Waals surface area contributed by atoms with Crippen LogP contribution in [0.15, 0.2) is 42.8 Å². The third kappa shape index (κ3) is 7.07. The van der Waals surface area contributed by atoms with Crippen LogP contribution in [-0.2, 0) is 24.2 Å². The number of carbonyl (C=O) groups is 1. The SMILES string of the molecule is CC.CC/C=C/C=C\C=C(/C)n1cc2c(n1)CCN(Cc1cnc(NC=O)s1)CC2. The minimum atomic E-state index is 0.654. The van der Waals surface area contributed by atoms with Crippen LogP contribution in [0.5, 0.6) is 0 Å². The molecule has 0 fully saturated rings. The minimum absolute atomic E-state index is 0.654. The third-order valence-electron chi connectivity index (χ3n) is 4.65. The number of aromatic nitrogens is 3. The molecule has 2 aromatic rings. The first-order valence-corrected chi connectivity index (χ1v) is 11.5. The number of anilines is 1. The summed E-state index contributed by atoms with van der Waals surface area (Å²) in [5.74, 6) is 0. The highest BCUT2D eigenvalue weighted by atomic mass is 32.1. The molecule has 0 saturated heterocycles. The van der Waals surface area contributed by atoms with Crippen molar-refractivity contribution in [1.29, 1.82) is 0 Å². The van der Waals surface area contributed by atoms with Gasteiger partial charge in [-0.05, 0) is 31.4 Å². The lowest BCUT2D eigenvalue weighted by molar-refractivity contribution is -0.105. The fraction of sp³-hybridized carbons (Fsp3) is 0.435. The van der Waals surface area contributed by atoms with Crippen LogP contribution in [-0.4, -0.2) is 39.2 Å². The van der Waals surface area contributed by atoms with Gasteiger partial charge in [0.15, 0.2) is 5.13 Å². The van der Waals surface area contributed by atoms with E-state index in [0.717, 1.165) is 49.5 Å². The molecule has 0 aliphatic carbocycles. The summed E-state index contributed by atoms with van der Waals surface area (Å²) in [4.78, 5) is 18.3. The van der Waals surface area contributed by atoms with Gasteiger partial charge in [-0.15, -0.1) is 11.3 Å². The van der Waals surface area contributed by atoms with Gasteiger partial charge in [-0.25, -0.2) is 9.67 Å². The largest absolute Gasteiger partial charge is 0.305 e. The normalized spacial score (nSPS) is 15.0. The summed E-state index contributed by atoms with van der Waals surface area (Å²) in [5, 5.41) is 8.07. The molecule has 0 spiro atoms. The van der Waals surface area contributed by atoms with Crippen LogP contribution in [0.25, 0.3) is 5.70 Å². The zero-order valence-corrected chi connectivity index (χ0v) is 19.3. The van der Waals surface area contributed by atoms with Crippen LogP contribution in [0.2, 0.25) is 0 Å². The average Bonchev–Trinajstić information content (AvgIpc) is 3.33. The second-order valence-corrected chi connectivity index (χ2v) is 7.86. The van der Waals surface area contributed by atoms with Crippen molar-refractivity contribution in [2.45, 2.75) is 53.5 Å². The monoisotopic (exact) mass is 427 g/mol. The molecule has 3 rings (SSSR count). The minimum Gasteiger partial charge on any atom is -0.305 e. The highest BCUT2D eigenvalue weighted by molar-refractivity contribution is 7.15. The number of hydrogen-bond acceptors (Lipinski definition) is 5. The van der Waals surface area contributed by atoms with Crippen molar-refractivity contribution in [2.75, 3.05) is 18.4 Å². The molecule has 0 unspecified atom stereocenters. The van der Waals surface area contributed by atoms with Gasteiger partial charge in [0.2, 0.25) is 6.41 Å². The van der Waals surface area contributed by atoms with Crippen molar-refractivity contribution < 1.29 is 4.79 Å². The highest BCUT2D eigenvalue weighted by Gasteiger charge is 2.18. The molecule has 1 aliphatic rings. The van der Waals surface area contributed by atoms with E-state index in [2.05, 4.69) is 65.6 Å². The van der Waals surface area contributed by atoms with Crippen molar-refractivity contribution in [1.82, 2.24) is 19.7 Å². The van der Waals surface area contributed by atoms with Crippen molar-refractivity contribution in [3.8, 4) is 0 Å². The van der Waals surface area contributed by atoms with Gasteiger partial charge in [0.25, 0.3) is 0 Å². The zero-order chi connectivity index (χ0) is 21.8. The Bertz CT molecular complexity index is 853. The fourth-order valence-electron chi connectivity index (χ4n) is 3.13. The van der Waals surface area contributed by atoms with Gasteiger partial charge < -0.3 is 5.32 Å². The second-order valence-electron chi connectivity index (χ2n) is 6.75. The van der Waals surface area contributed by atoms with Crippen molar-refractivity contribution >= 4 is 28.6 Å². The van der Waals surface area contributed by atoms with Gasteiger partial charge in [0.1, 0.15) is 0 Å². The molecule has 0 bridgehead atoms. The Kier molecular flexibility index (Phi) is 10.2. The molecule has 162 valence electrons. The first-order chi connectivity index (χ1) is 14.7. The Morgan fingerprint density at radius 2 is 2.03 bits per heavy atom. The molecule has 30 heavy (non-hydrogen) atoms. The molecule has 0 saturated carbocycles. The first-order valence-electron chi connectivity index (χ1n) is 10.6. The lowest BCUT2D eigenvalue weighted by atomic mass is 10.2. The lowest BCUT2D eigenvalue weighted by Crippen LogP contribution is -2.25. The molecule has 0 atom stereocenters. The van der Waals surface area contributed by atoms with E-state index in [0.29, 0.717) is 11.5 Å². The molecule has 1 aliphatic heterocycles. The summed E-state index contributed by atoms with van der Waals surface area (Å²) in [6.07, 6.45) is 18.1. The van der Waals surface area contributed by atoms with Crippen LogP contribution in [0.1, 0.15) is 50.3 Å². The second kappa shape index (κ2) is 12.9.